The van der Waals surface area contributed by atoms with Crippen molar-refractivity contribution < 1.29 is 4.79 Å². The van der Waals surface area contributed by atoms with Crippen LogP contribution in [0.4, 0.5) is 17.5 Å². The second-order valence-corrected chi connectivity index (χ2v) is 9.49. The van der Waals surface area contributed by atoms with Gasteiger partial charge in [0.15, 0.2) is 0 Å². The summed E-state index contributed by atoms with van der Waals surface area (Å²) in [6.45, 7) is 5.64. The molecule has 0 spiro atoms. The third-order valence-corrected chi connectivity index (χ3v) is 6.59. The first-order valence-electron chi connectivity index (χ1n) is 12.9. The van der Waals surface area contributed by atoms with Crippen LogP contribution in [0.3, 0.4) is 0 Å². The summed E-state index contributed by atoms with van der Waals surface area (Å²) < 4.78 is 1.77. The predicted molar refractivity (Wildman–Crippen MR) is 149 cm³/mol. The maximum atomic E-state index is 13.5. The van der Waals surface area contributed by atoms with Crippen molar-refractivity contribution in [3.05, 3.63) is 83.8 Å². The van der Waals surface area contributed by atoms with Gasteiger partial charge in [-0.2, -0.15) is 4.98 Å². The number of hydrogen-bond acceptors (Lipinski definition) is 8. The maximum absolute atomic E-state index is 13.5. The molecule has 3 heterocycles. The van der Waals surface area contributed by atoms with E-state index in [-0.39, 0.29) is 5.91 Å². The smallest absolute Gasteiger partial charge is 0.263 e. The zero-order chi connectivity index (χ0) is 26.5. The summed E-state index contributed by atoms with van der Waals surface area (Å²) >= 11 is 0. The Bertz CT molecular complexity index is 1390. The van der Waals surface area contributed by atoms with E-state index in [1.54, 1.807) is 15.8 Å². The largest absolute Gasteiger partial charge is 0.357 e. The lowest BCUT2D eigenvalue weighted by Crippen LogP contribution is -2.33. The Balaban J connectivity index is 1.29. The van der Waals surface area contributed by atoms with E-state index in [0.29, 0.717) is 37.0 Å². The molecule has 0 saturated heterocycles. The molecule has 5 rings (SSSR count). The van der Waals surface area contributed by atoms with E-state index >= 15 is 0 Å². The van der Waals surface area contributed by atoms with Crippen molar-refractivity contribution in [3.63, 3.8) is 0 Å². The Labute approximate surface area is 222 Å². The molecule has 0 radical (unpaired) electrons. The van der Waals surface area contributed by atoms with Crippen LogP contribution < -0.4 is 15.1 Å². The monoisotopic (exact) mass is 511 g/mol. The molecular weight excluding hydrogens is 478 g/mol. The number of benzene rings is 2. The molecule has 0 fully saturated rings. The molecule has 1 amide bonds. The van der Waals surface area contributed by atoms with Crippen LogP contribution in [0.5, 0.6) is 0 Å². The minimum absolute atomic E-state index is 0.120. The predicted octanol–water partition coefficient (Wildman–Crippen LogP) is 3.26. The van der Waals surface area contributed by atoms with E-state index in [0.717, 1.165) is 36.6 Å². The van der Waals surface area contributed by atoms with E-state index in [2.05, 4.69) is 61.8 Å². The van der Waals surface area contributed by atoms with Crippen LogP contribution >= 0.6 is 0 Å². The van der Waals surface area contributed by atoms with E-state index in [4.69, 9.17) is 0 Å². The number of amides is 1. The summed E-state index contributed by atoms with van der Waals surface area (Å²) in [7, 11) is 4.06. The van der Waals surface area contributed by atoms with Gasteiger partial charge in [-0.05, 0) is 37.7 Å². The molecule has 0 saturated carbocycles. The van der Waals surface area contributed by atoms with E-state index < -0.39 is 0 Å². The van der Waals surface area contributed by atoms with Gasteiger partial charge in [-0.1, -0.05) is 41.6 Å². The lowest BCUT2D eigenvalue weighted by molar-refractivity contribution is 0.0989. The Morgan fingerprint density at radius 3 is 2.68 bits per heavy atom. The minimum atomic E-state index is -0.120. The fourth-order valence-electron chi connectivity index (χ4n) is 4.53. The lowest BCUT2D eigenvalue weighted by Gasteiger charge is -2.21. The van der Waals surface area contributed by atoms with Gasteiger partial charge in [0.05, 0.1) is 17.6 Å². The highest BCUT2D eigenvalue weighted by Crippen LogP contribution is 2.27. The van der Waals surface area contributed by atoms with Crippen LogP contribution in [0.25, 0.3) is 5.69 Å². The van der Waals surface area contributed by atoms with Gasteiger partial charge in [0, 0.05) is 58.1 Å². The van der Waals surface area contributed by atoms with Crippen molar-refractivity contribution in [3.8, 4) is 5.69 Å². The molecule has 2 aromatic heterocycles. The quantitative estimate of drug-likeness (QED) is 0.366. The molecule has 2 aromatic carbocycles. The fourth-order valence-corrected chi connectivity index (χ4v) is 4.53. The van der Waals surface area contributed by atoms with Crippen LogP contribution in [-0.4, -0.2) is 76.0 Å². The number of carbonyl (C=O) groups is 1. The fraction of sp³-hybridized carbons (Fsp3) is 0.321. The number of likely N-dealkylation sites (N-methyl/N-ethyl adjacent to an activating group) is 2. The van der Waals surface area contributed by atoms with Gasteiger partial charge in [-0.25, -0.2) is 9.67 Å². The first-order chi connectivity index (χ1) is 18.5. The van der Waals surface area contributed by atoms with Crippen LogP contribution in [-0.2, 0) is 13.0 Å². The minimum Gasteiger partial charge on any atom is -0.357 e. The molecule has 196 valence electrons. The number of aromatic nitrogens is 5. The summed E-state index contributed by atoms with van der Waals surface area (Å²) in [4.78, 5) is 28.5. The number of fused-ring (bicyclic) bond motifs is 1. The van der Waals surface area contributed by atoms with Crippen LogP contribution in [0.15, 0.2) is 67.0 Å². The van der Waals surface area contributed by atoms with Crippen molar-refractivity contribution >= 4 is 23.4 Å². The number of nitrogens with zero attached hydrogens (tertiary/aromatic N) is 8. The summed E-state index contributed by atoms with van der Waals surface area (Å²) in [6.07, 6.45) is 4.37. The SMILES string of the molecule is CCNc1ncc2c(n1)N(C)CCN(c1cccc(-n3cc(CCN(C)Cc4ccccc4)nn3)c1)C2=O. The Hall–Kier alpha value is -4.31. The van der Waals surface area contributed by atoms with Crippen LogP contribution in [0.1, 0.15) is 28.5 Å². The third-order valence-electron chi connectivity index (χ3n) is 6.59. The maximum Gasteiger partial charge on any atom is 0.263 e. The van der Waals surface area contributed by atoms with Gasteiger partial charge < -0.3 is 20.0 Å². The van der Waals surface area contributed by atoms with Crippen molar-refractivity contribution in [2.45, 2.75) is 19.9 Å². The second-order valence-electron chi connectivity index (χ2n) is 9.49. The first kappa shape index (κ1) is 25.3. The molecular formula is C28H33N9O. The van der Waals surface area contributed by atoms with Crippen LogP contribution in [0, 0.1) is 0 Å². The Kier molecular flexibility index (Phi) is 7.60. The Morgan fingerprint density at radius 1 is 1.05 bits per heavy atom. The molecule has 1 aliphatic heterocycles. The second kappa shape index (κ2) is 11.4. The molecule has 1 aliphatic rings. The normalized spacial score (nSPS) is 13.5. The molecule has 0 atom stereocenters. The number of hydrogen-bond donors (Lipinski definition) is 1. The average molecular weight is 512 g/mol. The molecule has 0 bridgehead atoms. The number of carbonyl (C=O) groups excluding carboxylic acids is 1. The topological polar surface area (TPSA) is 95.3 Å². The Morgan fingerprint density at radius 2 is 1.87 bits per heavy atom. The van der Waals surface area contributed by atoms with Crippen molar-refractivity contribution in [2.24, 2.45) is 0 Å². The van der Waals surface area contributed by atoms with Gasteiger partial charge in [0.1, 0.15) is 11.4 Å². The molecule has 0 unspecified atom stereocenters. The summed E-state index contributed by atoms with van der Waals surface area (Å²) in [5.74, 6) is 1.04. The van der Waals surface area contributed by atoms with Gasteiger partial charge in [0.25, 0.3) is 5.91 Å². The van der Waals surface area contributed by atoms with Crippen molar-refractivity contribution in [2.75, 3.05) is 55.4 Å². The van der Waals surface area contributed by atoms with Crippen molar-refractivity contribution in [1.29, 1.82) is 0 Å². The van der Waals surface area contributed by atoms with E-state index in [1.165, 1.54) is 5.56 Å². The zero-order valence-electron chi connectivity index (χ0n) is 22.1. The first-order valence-corrected chi connectivity index (χ1v) is 12.9. The molecule has 0 aliphatic carbocycles. The molecule has 4 aromatic rings. The van der Waals surface area contributed by atoms with E-state index in [9.17, 15) is 4.79 Å². The summed E-state index contributed by atoms with van der Waals surface area (Å²) in [5, 5.41) is 11.9. The van der Waals surface area contributed by atoms with E-state index in [1.807, 2.05) is 55.4 Å². The molecule has 38 heavy (non-hydrogen) atoms. The summed E-state index contributed by atoms with van der Waals surface area (Å²) in [5.41, 5.74) is 4.34. The number of anilines is 3. The molecule has 10 nitrogen and oxygen atoms in total. The number of nitrogens with one attached hydrogen (secondary N) is 1. The standard InChI is InChI=1S/C28H33N9O/c1-4-29-28-30-18-25-26(31-28)35(3)15-16-36(27(25)38)23-11-8-12-24(17-23)37-20-22(32-33-37)13-14-34(2)19-21-9-6-5-7-10-21/h5-12,17-18,20H,4,13-16,19H2,1-3H3,(H,29,30,31). The van der Waals surface area contributed by atoms with Gasteiger partial charge >= 0.3 is 0 Å². The van der Waals surface area contributed by atoms with Crippen molar-refractivity contribution in [1.82, 2.24) is 29.9 Å². The van der Waals surface area contributed by atoms with Gasteiger partial charge in [0.2, 0.25) is 5.95 Å². The molecule has 10 heteroatoms. The van der Waals surface area contributed by atoms with Gasteiger partial charge in [-0.15, -0.1) is 5.10 Å². The highest BCUT2D eigenvalue weighted by atomic mass is 16.2. The third kappa shape index (κ3) is 5.65. The summed E-state index contributed by atoms with van der Waals surface area (Å²) in [6, 6.07) is 18.3. The lowest BCUT2D eigenvalue weighted by atomic mass is 10.2. The highest BCUT2D eigenvalue weighted by Gasteiger charge is 2.28. The number of rotatable bonds is 9. The highest BCUT2D eigenvalue weighted by molar-refractivity contribution is 6.09. The van der Waals surface area contributed by atoms with Gasteiger partial charge in [-0.3, -0.25) is 4.79 Å². The van der Waals surface area contributed by atoms with Crippen LogP contribution in [0.2, 0.25) is 0 Å². The molecule has 1 N–H and O–H groups in total. The zero-order valence-corrected chi connectivity index (χ0v) is 22.1. The average Bonchev–Trinajstić information content (AvgIpc) is 3.37.